The summed E-state index contributed by atoms with van der Waals surface area (Å²) in [7, 11) is 0. The van der Waals surface area contributed by atoms with Gasteiger partial charge in [0.1, 0.15) is 0 Å². The number of rotatable bonds is 5. The van der Waals surface area contributed by atoms with Crippen molar-refractivity contribution in [3.8, 4) is 0 Å². The molecule has 88 valence electrons. The van der Waals surface area contributed by atoms with Gasteiger partial charge < -0.3 is 5.11 Å². The van der Waals surface area contributed by atoms with Crippen molar-refractivity contribution in [3.05, 3.63) is 47.5 Å². The molecule has 1 aromatic rings. The van der Waals surface area contributed by atoms with E-state index in [1.54, 1.807) is 0 Å². The lowest BCUT2D eigenvalue weighted by Crippen LogP contribution is -2.07. The standard InChI is InChI=1S/C14H20OS/c1-3-7-12(16)10-14(15)13-9-6-5-8-11(13)4-2/h3,5-9,12,14-16H,4,10H2,1-2H3/b7-3+. The zero-order valence-corrected chi connectivity index (χ0v) is 10.8. The number of aryl methyl sites for hydroxylation is 1. The van der Waals surface area contributed by atoms with Crippen molar-refractivity contribution in [1.29, 1.82) is 0 Å². The Kier molecular flexibility index (Phi) is 5.64. The van der Waals surface area contributed by atoms with Crippen LogP contribution in [0.1, 0.15) is 37.5 Å². The highest BCUT2D eigenvalue weighted by molar-refractivity contribution is 7.81. The first-order chi connectivity index (χ1) is 7.69. The smallest absolute Gasteiger partial charge is 0.0806 e. The van der Waals surface area contributed by atoms with Crippen molar-refractivity contribution in [2.24, 2.45) is 0 Å². The SMILES string of the molecule is C/C=C/C(S)CC(O)c1ccccc1CC. The van der Waals surface area contributed by atoms with Crippen LogP contribution < -0.4 is 0 Å². The Hall–Kier alpha value is -0.730. The Morgan fingerprint density at radius 3 is 2.69 bits per heavy atom. The van der Waals surface area contributed by atoms with E-state index in [2.05, 4.69) is 25.6 Å². The maximum Gasteiger partial charge on any atom is 0.0806 e. The number of aliphatic hydroxyl groups excluding tert-OH is 1. The zero-order chi connectivity index (χ0) is 12.0. The summed E-state index contributed by atoms with van der Waals surface area (Å²) < 4.78 is 0. The van der Waals surface area contributed by atoms with E-state index in [4.69, 9.17) is 0 Å². The quantitative estimate of drug-likeness (QED) is 0.592. The summed E-state index contributed by atoms with van der Waals surface area (Å²) >= 11 is 4.42. The largest absolute Gasteiger partial charge is 0.388 e. The molecule has 2 unspecified atom stereocenters. The molecule has 0 radical (unpaired) electrons. The summed E-state index contributed by atoms with van der Waals surface area (Å²) in [5, 5.41) is 10.3. The molecule has 0 aromatic heterocycles. The van der Waals surface area contributed by atoms with Crippen LogP contribution >= 0.6 is 12.6 Å². The topological polar surface area (TPSA) is 20.2 Å². The summed E-state index contributed by atoms with van der Waals surface area (Å²) in [5.41, 5.74) is 2.25. The monoisotopic (exact) mass is 236 g/mol. The van der Waals surface area contributed by atoms with Gasteiger partial charge in [-0.2, -0.15) is 12.6 Å². The first-order valence-electron chi connectivity index (χ1n) is 5.75. The van der Waals surface area contributed by atoms with E-state index >= 15 is 0 Å². The zero-order valence-electron chi connectivity index (χ0n) is 9.93. The summed E-state index contributed by atoms with van der Waals surface area (Å²) in [6, 6.07) is 8.06. The minimum atomic E-state index is -0.421. The van der Waals surface area contributed by atoms with Gasteiger partial charge in [-0.05, 0) is 30.9 Å². The van der Waals surface area contributed by atoms with Crippen LogP contribution in [0.4, 0.5) is 0 Å². The minimum Gasteiger partial charge on any atom is -0.388 e. The Labute approximate surface area is 104 Å². The highest BCUT2D eigenvalue weighted by Crippen LogP contribution is 2.24. The predicted molar refractivity (Wildman–Crippen MR) is 73.0 cm³/mol. The Morgan fingerprint density at radius 1 is 1.38 bits per heavy atom. The number of thiol groups is 1. The molecule has 0 bridgehead atoms. The van der Waals surface area contributed by atoms with Crippen LogP contribution in [-0.4, -0.2) is 10.4 Å². The van der Waals surface area contributed by atoms with Crippen LogP contribution in [0.5, 0.6) is 0 Å². The van der Waals surface area contributed by atoms with Crippen LogP contribution in [0.25, 0.3) is 0 Å². The fourth-order valence-corrected chi connectivity index (χ4v) is 2.21. The molecule has 1 nitrogen and oxygen atoms in total. The fraction of sp³-hybridized carbons (Fsp3) is 0.429. The van der Waals surface area contributed by atoms with Crippen molar-refractivity contribution < 1.29 is 5.11 Å². The number of benzene rings is 1. The molecule has 0 saturated carbocycles. The van der Waals surface area contributed by atoms with E-state index in [-0.39, 0.29) is 5.25 Å². The van der Waals surface area contributed by atoms with Crippen molar-refractivity contribution in [2.45, 2.75) is 38.0 Å². The van der Waals surface area contributed by atoms with E-state index < -0.39 is 6.10 Å². The molecule has 0 heterocycles. The molecule has 0 fully saturated rings. The van der Waals surface area contributed by atoms with Gasteiger partial charge in [-0.15, -0.1) is 0 Å². The Balaban J connectivity index is 2.75. The van der Waals surface area contributed by atoms with Gasteiger partial charge in [-0.1, -0.05) is 43.3 Å². The van der Waals surface area contributed by atoms with Gasteiger partial charge in [-0.25, -0.2) is 0 Å². The van der Waals surface area contributed by atoms with Gasteiger partial charge in [0.25, 0.3) is 0 Å². The second-order valence-corrected chi connectivity index (χ2v) is 4.56. The number of hydrogen-bond acceptors (Lipinski definition) is 2. The van der Waals surface area contributed by atoms with Crippen LogP contribution in [0.15, 0.2) is 36.4 Å². The lowest BCUT2D eigenvalue weighted by atomic mass is 9.97. The van der Waals surface area contributed by atoms with E-state index in [9.17, 15) is 5.11 Å². The summed E-state index contributed by atoms with van der Waals surface area (Å²) in [6.07, 6.45) is 5.16. The third-order valence-corrected chi connectivity index (χ3v) is 3.06. The fourth-order valence-electron chi connectivity index (χ4n) is 1.84. The van der Waals surface area contributed by atoms with Crippen LogP contribution in [0, 0.1) is 0 Å². The van der Waals surface area contributed by atoms with Crippen molar-refractivity contribution >= 4 is 12.6 Å². The van der Waals surface area contributed by atoms with Crippen molar-refractivity contribution in [2.75, 3.05) is 0 Å². The molecule has 1 aromatic carbocycles. The molecule has 0 amide bonds. The second-order valence-electron chi connectivity index (χ2n) is 3.90. The highest BCUT2D eigenvalue weighted by Gasteiger charge is 2.13. The van der Waals surface area contributed by atoms with Crippen molar-refractivity contribution in [1.82, 2.24) is 0 Å². The average molecular weight is 236 g/mol. The first-order valence-corrected chi connectivity index (χ1v) is 6.27. The normalized spacial score (nSPS) is 15.2. The number of aliphatic hydroxyl groups is 1. The maximum absolute atomic E-state index is 10.1. The van der Waals surface area contributed by atoms with E-state index in [0.29, 0.717) is 6.42 Å². The molecule has 1 N–H and O–H groups in total. The third-order valence-electron chi connectivity index (χ3n) is 2.67. The minimum absolute atomic E-state index is 0.116. The third kappa shape index (κ3) is 3.69. The molecule has 0 spiro atoms. The van der Waals surface area contributed by atoms with E-state index in [1.807, 2.05) is 37.3 Å². The van der Waals surface area contributed by atoms with Gasteiger partial charge in [0, 0.05) is 5.25 Å². The van der Waals surface area contributed by atoms with Crippen LogP contribution in [0.2, 0.25) is 0 Å². The Morgan fingerprint density at radius 2 is 2.06 bits per heavy atom. The van der Waals surface area contributed by atoms with Gasteiger partial charge in [0.15, 0.2) is 0 Å². The maximum atomic E-state index is 10.1. The molecule has 0 aliphatic rings. The highest BCUT2D eigenvalue weighted by atomic mass is 32.1. The van der Waals surface area contributed by atoms with Crippen LogP contribution in [0.3, 0.4) is 0 Å². The first kappa shape index (κ1) is 13.3. The molecular formula is C14H20OS. The summed E-state index contributed by atoms with van der Waals surface area (Å²) in [4.78, 5) is 0. The molecule has 16 heavy (non-hydrogen) atoms. The lowest BCUT2D eigenvalue weighted by Gasteiger charge is -2.16. The van der Waals surface area contributed by atoms with Crippen LogP contribution in [-0.2, 0) is 6.42 Å². The van der Waals surface area contributed by atoms with Crippen molar-refractivity contribution in [3.63, 3.8) is 0 Å². The van der Waals surface area contributed by atoms with E-state index in [0.717, 1.165) is 12.0 Å². The molecule has 1 rings (SSSR count). The summed E-state index contributed by atoms with van der Waals surface area (Å²) in [5.74, 6) is 0. The number of hydrogen-bond donors (Lipinski definition) is 2. The van der Waals surface area contributed by atoms with Gasteiger partial charge >= 0.3 is 0 Å². The molecule has 2 atom stereocenters. The van der Waals surface area contributed by atoms with Gasteiger partial charge in [0.2, 0.25) is 0 Å². The molecule has 0 aliphatic heterocycles. The van der Waals surface area contributed by atoms with E-state index in [1.165, 1.54) is 5.56 Å². The van der Waals surface area contributed by atoms with Gasteiger partial charge in [-0.3, -0.25) is 0 Å². The molecule has 0 saturated heterocycles. The predicted octanol–water partition coefficient (Wildman–Crippen LogP) is 3.55. The Bertz CT molecular complexity index is 346. The van der Waals surface area contributed by atoms with Gasteiger partial charge in [0.05, 0.1) is 6.10 Å². The molecular weight excluding hydrogens is 216 g/mol. The molecule has 2 heteroatoms. The molecule has 0 aliphatic carbocycles. The lowest BCUT2D eigenvalue weighted by molar-refractivity contribution is 0.169. The second kappa shape index (κ2) is 6.77. The number of allylic oxidation sites excluding steroid dienone is 1. The summed E-state index contributed by atoms with van der Waals surface area (Å²) in [6.45, 7) is 4.07. The average Bonchev–Trinajstić information content (AvgIpc) is 2.29.